The molecule has 0 aromatic carbocycles. The molecule has 2 heterocycles. The molecule has 0 fully saturated rings. The van der Waals surface area contributed by atoms with E-state index in [0.717, 1.165) is 0 Å². The van der Waals surface area contributed by atoms with E-state index in [1.165, 1.54) is 6.08 Å². The molecule has 0 bridgehead atoms. The van der Waals surface area contributed by atoms with E-state index in [0.29, 0.717) is 18.7 Å². The number of hydrogen-bond acceptors (Lipinski definition) is 5. The highest BCUT2D eigenvalue weighted by atomic mass is 32.1. The molecule has 0 amide bonds. The van der Waals surface area contributed by atoms with Gasteiger partial charge >= 0.3 is 24.1 Å². The molecule has 14 heteroatoms. The van der Waals surface area contributed by atoms with Crippen LogP contribution >= 0.6 is 11.7 Å². The van der Waals surface area contributed by atoms with Crippen LogP contribution in [-0.4, -0.2) is 57.4 Å². The molecule has 0 spiro atoms. The van der Waals surface area contributed by atoms with Crippen molar-refractivity contribution in [2.45, 2.75) is 43.8 Å². The van der Waals surface area contributed by atoms with Gasteiger partial charge in [0.15, 0.2) is 6.61 Å². The van der Waals surface area contributed by atoms with Gasteiger partial charge in [0.2, 0.25) is 0 Å². The van der Waals surface area contributed by atoms with Crippen molar-refractivity contribution in [2.75, 3.05) is 19.7 Å². The van der Waals surface area contributed by atoms with Crippen molar-refractivity contribution in [3.63, 3.8) is 0 Å². The van der Waals surface area contributed by atoms with Crippen LogP contribution < -0.4 is 4.74 Å². The molecule has 160 valence electrons. The summed E-state index contributed by atoms with van der Waals surface area (Å²) < 4.78 is 131. The third-order valence-corrected chi connectivity index (χ3v) is 4.54. The maximum Gasteiger partial charge on any atom is 0.460 e. The first-order valence-corrected chi connectivity index (χ1v) is 8.56. The quantitative estimate of drug-likeness (QED) is 0.447. The van der Waals surface area contributed by atoms with Crippen LogP contribution in [0, 0.1) is 0 Å². The largest absolute Gasteiger partial charge is 0.469 e. The van der Waals surface area contributed by atoms with E-state index in [2.05, 4.69) is 13.5 Å². The molecule has 1 aliphatic rings. The van der Waals surface area contributed by atoms with Crippen LogP contribution in [-0.2, 0) is 0 Å². The zero-order chi connectivity index (χ0) is 21.4. The van der Waals surface area contributed by atoms with Crippen LogP contribution in [0.15, 0.2) is 6.08 Å². The van der Waals surface area contributed by atoms with Crippen molar-refractivity contribution in [1.29, 1.82) is 0 Å². The summed E-state index contributed by atoms with van der Waals surface area (Å²) in [6.45, 7) is -2.54. The Labute approximate surface area is 157 Å². The van der Waals surface area contributed by atoms with E-state index in [9.17, 15) is 39.5 Å². The zero-order valence-electron chi connectivity index (χ0n) is 14.2. The molecule has 0 N–H and O–H groups in total. The van der Waals surface area contributed by atoms with Crippen molar-refractivity contribution >= 4 is 17.3 Å². The van der Waals surface area contributed by atoms with E-state index >= 15 is 0 Å². The Hall–Kier alpha value is -1.57. The molecule has 0 atom stereocenters. The maximum atomic E-state index is 13.7. The van der Waals surface area contributed by atoms with E-state index in [4.69, 9.17) is 0 Å². The van der Waals surface area contributed by atoms with Gasteiger partial charge in [-0.15, -0.1) is 4.37 Å². The number of ether oxygens (including phenoxy) is 1. The molecule has 4 nitrogen and oxygen atoms in total. The monoisotopic (exact) mass is 443 g/mol. The van der Waals surface area contributed by atoms with Gasteiger partial charge < -0.3 is 4.74 Å². The Kier molecular flexibility index (Phi) is 6.24. The summed E-state index contributed by atoms with van der Waals surface area (Å²) in [6, 6.07) is 0. The van der Waals surface area contributed by atoms with Gasteiger partial charge in [0.05, 0.1) is 11.7 Å². The molecule has 0 aliphatic carbocycles. The van der Waals surface area contributed by atoms with Crippen LogP contribution in [0.25, 0.3) is 5.57 Å². The third kappa shape index (κ3) is 4.36. The number of alkyl halides is 9. The number of rotatable bonds is 7. The van der Waals surface area contributed by atoms with Crippen LogP contribution in [0.2, 0.25) is 0 Å². The topological polar surface area (TPSA) is 38.3 Å². The molecule has 0 radical (unpaired) electrons. The lowest BCUT2D eigenvalue weighted by Crippen LogP contribution is -2.56. The van der Waals surface area contributed by atoms with Gasteiger partial charge in [-0.2, -0.15) is 43.9 Å². The zero-order valence-corrected chi connectivity index (χ0v) is 15.0. The van der Waals surface area contributed by atoms with Gasteiger partial charge in [0.25, 0.3) is 5.88 Å². The Morgan fingerprint density at radius 1 is 1.04 bits per heavy atom. The maximum absolute atomic E-state index is 13.7. The smallest absolute Gasteiger partial charge is 0.460 e. The highest BCUT2D eigenvalue weighted by molar-refractivity contribution is 6.99. The predicted molar refractivity (Wildman–Crippen MR) is 80.8 cm³/mol. The van der Waals surface area contributed by atoms with Gasteiger partial charge in [0, 0.05) is 19.5 Å². The predicted octanol–water partition coefficient (Wildman–Crippen LogP) is 4.84. The highest BCUT2D eigenvalue weighted by Gasteiger charge is 2.70. The SMILES string of the molecule is CCC(F)(F)C(F)(F)C(F)(F)COc1nsnc1C1=CCCN(C(F)(F)F)C1. The molecular weight excluding hydrogens is 429 g/mol. The molecule has 1 aromatic heterocycles. The van der Waals surface area contributed by atoms with Crippen molar-refractivity contribution in [2.24, 2.45) is 0 Å². The average Bonchev–Trinajstić information content (AvgIpc) is 3.07. The summed E-state index contributed by atoms with van der Waals surface area (Å²) in [5, 5.41) is 0. The summed E-state index contributed by atoms with van der Waals surface area (Å²) in [6.07, 6.45) is -4.86. The van der Waals surface area contributed by atoms with E-state index in [1.807, 2.05) is 0 Å². The number of halogens is 9. The summed E-state index contributed by atoms with van der Waals surface area (Å²) in [5.74, 6) is -16.7. The minimum Gasteiger partial charge on any atom is -0.469 e. The Morgan fingerprint density at radius 2 is 1.68 bits per heavy atom. The van der Waals surface area contributed by atoms with Crippen molar-refractivity contribution < 1.29 is 44.3 Å². The van der Waals surface area contributed by atoms with E-state index < -0.39 is 49.5 Å². The van der Waals surface area contributed by atoms with E-state index in [-0.39, 0.29) is 29.1 Å². The third-order valence-electron chi connectivity index (χ3n) is 4.03. The molecule has 1 aromatic rings. The van der Waals surface area contributed by atoms with Crippen LogP contribution in [0.3, 0.4) is 0 Å². The number of nitrogens with zero attached hydrogens (tertiary/aromatic N) is 3. The van der Waals surface area contributed by atoms with Crippen LogP contribution in [0.1, 0.15) is 25.5 Å². The van der Waals surface area contributed by atoms with E-state index in [1.54, 1.807) is 0 Å². The summed E-state index contributed by atoms with van der Waals surface area (Å²) in [5.41, 5.74) is -0.387. The summed E-state index contributed by atoms with van der Waals surface area (Å²) in [4.78, 5) is 0.135. The van der Waals surface area contributed by atoms with Crippen molar-refractivity contribution in [3.05, 3.63) is 11.8 Å². The fraction of sp³-hybridized carbons (Fsp3) is 0.714. The summed E-state index contributed by atoms with van der Waals surface area (Å²) in [7, 11) is 0. The van der Waals surface area contributed by atoms with Crippen molar-refractivity contribution in [3.8, 4) is 5.88 Å². The highest BCUT2D eigenvalue weighted by Crippen LogP contribution is 2.47. The summed E-state index contributed by atoms with van der Waals surface area (Å²) >= 11 is 0.391. The van der Waals surface area contributed by atoms with Gasteiger partial charge in [-0.05, 0) is 12.0 Å². The van der Waals surface area contributed by atoms with Gasteiger partial charge in [0.1, 0.15) is 5.69 Å². The lowest BCUT2D eigenvalue weighted by molar-refractivity contribution is -0.315. The van der Waals surface area contributed by atoms with Gasteiger partial charge in [-0.3, -0.25) is 0 Å². The fourth-order valence-electron chi connectivity index (χ4n) is 2.34. The first-order valence-electron chi connectivity index (χ1n) is 7.83. The standard InChI is InChI=1S/C14H14F9N3OS/c1-2-11(15,16)13(19,20)12(17,18)7-27-10-9(24-28-25-10)8-4-3-5-26(6-8)14(21,22)23/h4H,2-3,5-7H2,1H3. The molecule has 0 unspecified atom stereocenters. The number of aromatic nitrogens is 2. The minimum atomic E-state index is -5.70. The average molecular weight is 443 g/mol. The first-order chi connectivity index (χ1) is 12.7. The van der Waals surface area contributed by atoms with Crippen LogP contribution in [0.4, 0.5) is 39.5 Å². The first kappa shape index (κ1) is 22.7. The Morgan fingerprint density at radius 3 is 2.25 bits per heavy atom. The van der Waals surface area contributed by atoms with Gasteiger partial charge in [-0.25, -0.2) is 4.90 Å². The number of hydrogen-bond donors (Lipinski definition) is 0. The minimum absolute atomic E-state index is 0.0389. The molecule has 0 saturated carbocycles. The lowest BCUT2D eigenvalue weighted by atomic mass is 10.0. The molecular formula is C14H14F9N3OS. The molecule has 0 saturated heterocycles. The van der Waals surface area contributed by atoms with Crippen molar-refractivity contribution in [1.82, 2.24) is 13.6 Å². The second-order valence-electron chi connectivity index (χ2n) is 5.95. The fourth-order valence-corrected chi connectivity index (χ4v) is 2.87. The molecule has 1 aliphatic heterocycles. The Bertz CT molecular complexity index is 717. The second-order valence-corrected chi connectivity index (χ2v) is 6.48. The molecule has 28 heavy (non-hydrogen) atoms. The Balaban J connectivity index is 2.16. The molecule has 2 rings (SSSR count). The van der Waals surface area contributed by atoms with Crippen LogP contribution in [0.5, 0.6) is 5.88 Å². The lowest BCUT2D eigenvalue weighted by Gasteiger charge is -2.32. The normalized spacial score (nSPS) is 17.6. The van der Waals surface area contributed by atoms with Gasteiger partial charge in [-0.1, -0.05) is 13.0 Å². The second kappa shape index (κ2) is 7.69.